The van der Waals surface area contributed by atoms with Gasteiger partial charge in [-0.15, -0.1) is 11.3 Å². The van der Waals surface area contributed by atoms with Gasteiger partial charge in [-0.2, -0.15) is 0 Å². The van der Waals surface area contributed by atoms with Gasteiger partial charge >= 0.3 is 0 Å². The zero-order valence-corrected chi connectivity index (χ0v) is 16.1. The highest BCUT2D eigenvalue weighted by Gasteiger charge is 2.49. The van der Waals surface area contributed by atoms with Gasteiger partial charge in [0.05, 0.1) is 4.88 Å². The molecule has 0 saturated carbocycles. The van der Waals surface area contributed by atoms with Crippen molar-refractivity contribution < 1.29 is 9.59 Å². The lowest BCUT2D eigenvalue weighted by molar-refractivity contribution is -0.129. The molecule has 1 atom stereocenters. The molecule has 4 rings (SSSR count). The zero-order valence-electron chi connectivity index (χ0n) is 15.3. The molecule has 2 aromatic carbocycles. The van der Waals surface area contributed by atoms with Crippen molar-refractivity contribution in [3.05, 3.63) is 93.7 Å². The molecule has 0 aliphatic carbocycles. The van der Waals surface area contributed by atoms with E-state index >= 15 is 0 Å². The summed E-state index contributed by atoms with van der Waals surface area (Å²) >= 11 is 1.43. The van der Waals surface area contributed by atoms with Gasteiger partial charge in [-0.3, -0.25) is 14.5 Å². The molecule has 1 unspecified atom stereocenters. The summed E-state index contributed by atoms with van der Waals surface area (Å²) in [6.07, 6.45) is 0.266. The van der Waals surface area contributed by atoms with Crippen LogP contribution in [0.25, 0.3) is 0 Å². The fraction of sp³-hybridized carbons (Fsp3) is 0.136. The Balaban J connectivity index is 1.79. The normalized spacial score (nSPS) is 19.0. The van der Waals surface area contributed by atoms with E-state index in [0.717, 1.165) is 16.0 Å². The van der Waals surface area contributed by atoms with Gasteiger partial charge in [0, 0.05) is 13.5 Å². The molecule has 6 heteroatoms. The molecular formula is C22H19N3O2S. The van der Waals surface area contributed by atoms with Crippen LogP contribution in [-0.4, -0.2) is 29.6 Å². The van der Waals surface area contributed by atoms with E-state index in [0.29, 0.717) is 5.56 Å². The van der Waals surface area contributed by atoms with E-state index < -0.39 is 5.54 Å². The first-order valence-electron chi connectivity index (χ1n) is 8.87. The highest BCUT2D eigenvalue weighted by Crippen LogP contribution is 2.39. The quantitative estimate of drug-likeness (QED) is 0.681. The number of amides is 1. The van der Waals surface area contributed by atoms with E-state index in [2.05, 4.69) is 4.99 Å². The minimum Gasteiger partial charge on any atom is -0.369 e. The van der Waals surface area contributed by atoms with Gasteiger partial charge in [-0.1, -0.05) is 60.7 Å². The van der Waals surface area contributed by atoms with Crippen LogP contribution in [0.5, 0.6) is 0 Å². The van der Waals surface area contributed by atoms with Crippen LogP contribution in [-0.2, 0) is 16.8 Å². The molecule has 0 spiro atoms. The zero-order chi connectivity index (χ0) is 19.7. The summed E-state index contributed by atoms with van der Waals surface area (Å²) < 4.78 is 0. The van der Waals surface area contributed by atoms with E-state index in [1.165, 1.54) is 16.2 Å². The second-order valence-electron chi connectivity index (χ2n) is 6.69. The molecule has 5 nitrogen and oxygen atoms in total. The third-order valence-corrected chi connectivity index (χ3v) is 5.85. The number of Topliss-reactive ketones (excluding diaryl/α,β-unsaturated/α-hetero) is 1. The number of guanidine groups is 1. The van der Waals surface area contributed by atoms with Crippen molar-refractivity contribution in [2.45, 2.75) is 12.0 Å². The van der Waals surface area contributed by atoms with Crippen molar-refractivity contribution in [3.8, 4) is 0 Å². The number of likely N-dealkylation sites (N-methyl/N-ethyl adjacent to an activating group) is 1. The maximum absolute atomic E-state index is 13.2. The van der Waals surface area contributed by atoms with E-state index in [1.807, 2.05) is 72.1 Å². The highest BCUT2D eigenvalue weighted by atomic mass is 32.1. The molecule has 0 radical (unpaired) electrons. The number of nitrogens with two attached hydrogens (primary N) is 1. The average molecular weight is 389 g/mol. The smallest absolute Gasteiger partial charge is 0.266 e. The molecule has 2 N–H and O–H groups in total. The molecular weight excluding hydrogens is 370 g/mol. The number of rotatable bonds is 5. The minimum atomic E-state index is -1.23. The SMILES string of the molecule is CN1C(=O)C(c2ccccc2)(c2cccc(CC(=O)c3cccs3)c2)N=C1N. The fourth-order valence-corrected chi connectivity index (χ4v) is 4.14. The summed E-state index contributed by atoms with van der Waals surface area (Å²) in [6.45, 7) is 0. The third kappa shape index (κ3) is 2.92. The van der Waals surface area contributed by atoms with E-state index in [9.17, 15) is 9.59 Å². The second-order valence-corrected chi connectivity index (χ2v) is 7.64. The van der Waals surface area contributed by atoms with E-state index in [1.54, 1.807) is 7.05 Å². The van der Waals surface area contributed by atoms with Crippen molar-refractivity contribution in [1.82, 2.24) is 4.90 Å². The molecule has 1 aliphatic rings. The van der Waals surface area contributed by atoms with Crippen LogP contribution < -0.4 is 5.73 Å². The molecule has 140 valence electrons. The first kappa shape index (κ1) is 18.1. The summed E-state index contributed by atoms with van der Waals surface area (Å²) in [4.78, 5) is 32.4. The van der Waals surface area contributed by atoms with Crippen molar-refractivity contribution in [2.24, 2.45) is 10.7 Å². The summed E-state index contributed by atoms with van der Waals surface area (Å²) in [7, 11) is 1.62. The molecule has 0 bridgehead atoms. The number of thiophene rings is 1. The Morgan fingerprint density at radius 2 is 1.82 bits per heavy atom. The van der Waals surface area contributed by atoms with Crippen molar-refractivity contribution in [2.75, 3.05) is 7.05 Å². The highest BCUT2D eigenvalue weighted by molar-refractivity contribution is 7.12. The van der Waals surface area contributed by atoms with Crippen molar-refractivity contribution in [3.63, 3.8) is 0 Å². The maximum atomic E-state index is 13.2. The summed E-state index contributed by atoms with van der Waals surface area (Å²) in [5.74, 6) is 0.0191. The molecule has 1 aromatic heterocycles. The van der Waals surface area contributed by atoms with Crippen LogP contribution >= 0.6 is 11.3 Å². The first-order chi connectivity index (χ1) is 13.5. The molecule has 2 heterocycles. The van der Waals surface area contributed by atoms with Gasteiger partial charge in [0.2, 0.25) is 0 Å². The topological polar surface area (TPSA) is 75.8 Å². The van der Waals surface area contributed by atoms with Crippen LogP contribution in [0.15, 0.2) is 77.1 Å². The Morgan fingerprint density at radius 3 is 2.46 bits per heavy atom. The molecule has 0 fully saturated rings. The Hall–Kier alpha value is -3.25. The largest absolute Gasteiger partial charge is 0.369 e. The number of carbonyl (C=O) groups excluding carboxylic acids is 2. The van der Waals surface area contributed by atoms with Crippen molar-refractivity contribution >= 4 is 29.0 Å². The predicted octanol–water partition coefficient (Wildman–Crippen LogP) is 3.20. The third-order valence-electron chi connectivity index (χ3n) is 4.94. The van der Waals surface area contributed by atoms with Crippen LogP contribution in [0.3, 0.4) is 0 Å². The standard InChI is InChI=1S/C22H19N3O2S/c1-25-20(27)22(24-21(25)23,16-8-3-2-4-9-16)17-10-5-7-15(13-17)14-18(26)19-11-6-12-28-19/h2-13H,14H2,1H3,(H2,23,24). The minimum absolute atomic E-state index is 0.0544. The van der Waals surface area contributed by atoms with Gasteiger partial charge in [-0.05, 0) is 28.1 Å². The summed E-state index contributed by atoms with van der Waals surface area (Å²) in [5.41, 5.74) is 7.05. The first-order valence-corrected chi connectivity index (χ1v) is 9.75. The van der Waals surface area contributed by atoms with Gasteiger partial charge in [0.1, 0.15) is 0 Å². The lowest BCUT2D eigenvalue weighted by Crippen LogP contribution is -2.41. The van der Waals surface area contributed by atoms with Gasteiger partial charge < -0.3 is 5.73 Å². The Labute approximate surface area is 167 Å². The van der Waals surface area contributed by atoms with Gasteiger partial charge in [0.15, 0.2) is 17.3 Å². The van der Waals surface area contributed by atoms with Gasteiger partial charge in [0.25, 0.3) is 5.91 Å². The molecule has 3 aromatic rings. The molecule has 28 heavy (non-hydrogen) atoms. The number of hydrogen-bond acceptors (Lipinski definition) is 5. The Morgan fingerprint density at radius 1 is 1.07 bits per heavy atom. The van der Waals surface area contributed by atoms with Crippen LogP contribution in [0.2, 0.25) is 0 Å². The Kier molecular flexibility index (Phi) is 4.57. The van der Waals surface area contributed by atoms with Crippen LogP contribution in [0.1, 0.15) is 26.4 Å². The number of carbonyl (C=O) groups is 2. The molecule has 1 amide bonds. The lowest BCUT2D eigenvalue weighted by Gasteiger charge is -2.26. The van der Waals surface area contributed by atoms with E-state index in [-0.39, 0.29) is 24.1 Å². The second kappa shape index (κ2) is 7.05. The van der Waals surface area contributed by atoms with E-state index in [4.69, 9.17) is 5.73 Å². The number of benzene rings is 2. The van der Waals surface area contributed by atoms with Crippen LogP contribution in [0, 0.1) is 0 Å². The lowest BCUT2D eigenvalue weighted by atomic mass is 9.82. The fourth-order valence-electron chi connectivity index (χ4n) is 3.48. The Bertz CT molecular complexity index is 1060. The number of aliphatic imine (C=N–C) groups is 1. The van der Waals surface area contributed by atoms with Crippen molar-refractivity contribution in [1.29, 1.82) is 0 Å². The monoisotopic (exact) mass is 389 g/mol. The number of nitrogens with zero attached hydrogens (tertiary/aromatic N) is 2. The molecule has 0 saturated heterocycles. The summed E-state index contributed by atoms with van der Waals surface area (Å²) in [6, 6.07) is 20.6. The predicted molar refractivity (Wildman–Crippen MR) is 110 cm³/mol. The number of hydrogen-bond donors (Lipinski definition) is 1. The maximum Gasteiger partial charge on any atom is 0.266 e. The number of ketones is 1. The van der Waals surface area contributed by atoms with Gasteiger partial charge in [-0.25, -0.2) is 4.99 Å². The molecule has 1 aliphatic heterocycles. The summed E-state index contributed by atoms with van der Waals surface area (Å²) in [5, 5.41) is 1.89. The average Bonchev–Trinajstić information content (AvgIpc) is 3.33. The van der Waals surface area contributed by atoms with Crippen LogP contribution in [0.4, 0.5) is 0 Å².